The number of halogens is 1. The molecule has 0 bridgehead atoms. The van der Waals surface area contributed by atoms with Crippen molar-refractivity contribution in [3.8, 4) is 11.8 Å². The van der Waals surface area contributed by atoms with Crippen molar-refractivity contribution < 1.29 is 5.11 Å². The summed E-state index contributed by atoms with van der Waals surface area (Å²) in [6.07, 6.45) is 1.72. The average Bonchev–Trinajstić information content (AvgIpc) is 2.47. The Morgan fingerprint density at radius 3 is 2.90 bits per heavy atom. The number of benzene rings is 1. The molecule has 0 aliphatic heterocycles. The summed E-state index contributed by atoms with van der Waals surface area (Å²) >= 11 is 6.00. The van der Waals surface area contributed by atoms with Crippen LogP contribution >= 0.6 is 11.6 Å². The van der Waals surface area contributed by atoms with Crippen LogP contribution in [0.5, 0.6) is 0 Å². The fraction of sp³-hybridized carbons (Fsp3) is 0.375. The minimum absolute atomic E-state index is 0.434. The number of aliphatic hydroxyl groups excluding tert-OH is 1. The molecule has 0 aliphatic rings. The first-order valence-electron chi connectivity index (χ1n) is 6.93. The van der Waals surface area contributed by atoms with Crippen molar-refractivity contribution in [3.63, 3.8) is 0 Å². The van der Waals surface area contributed by atoms with Crippen LogP contribution in [0.4, 0.5) is 0 Å². The largest absolute Gasteiger partial charge is 0.379 e. The van der Waals surface area contributed by atoms with Gasteiger partial charge in [0.25, 0.3) is 0 Å². The molecule has 0 saturated heterocycles. The zero-order chi connectivity index (χ0) is 15.2. The molecule has 0 fully saturated rings. The van der Waals surface area contributed by atoms with Gasteiger partial charge >= 0.3 is 0 Å². The van der Waals surface area contributed by atoms with Crippen LogP contribution in [-0.2, 0) is 0 Å². The normalized spacial score (nSPS) is 12.2. The minimum atomic E-state index is -0.434. The molecule has 0 radical (unpaired) electrons. The summed E-state index contributed by atoms with van der Waals surface area (Å²) in [6.45, 7) is 5.35. The van der Waals surface area contributed by atoms with E-state index in [2.05, 4.69) is 21.8 Å². The molecule has 1 aromatic heterocycles. The number of hydrogen-bond donors (Lipinski definition) is 1. The lowest BCUT2D eigenvalue weighted by molar-refractivity contribution is 0.0242. The fourth-order valence-corrected chi connectivity index (χ4v) is 2.28. The second kappa shape index (κ2) is 7.37. The van der Waals surface area contributed by atoms with Crippen molar-refractivity contribution in [2.45, 2.75) is 26.5 Å². The summed E-state index contributed by atoms with van der Waals surface area (Å²) in [5.41, 5.74) is 1.69. The zero-order valence-electron chi connectivity index (χ0n) is 12.2. The van der Waals surface area contributed by atoms with Gasteiger partial charge in [-0.2, -0.15) is 0 Å². The number of hydrogen-bond acceptors (Lipinski definition) is 4. The quantitative estimate of drug-likeness (QED) is 0.536. The molecule has 2 rings (SSSR count). The van der Waals surface area contributed by atoms with E-state index in [-0.39, 0.29) is 0 Å². The standard InChI is InChI=1S/C16H18ClN3O/c1-3-20(12(2)21)9-5-4-6-13-7-8-14-15(10-13)18-11-19-16(14)17/h7-8,10-12,21H,3,5,9H2,1-2H3. The first-order valence-corrected chi connectivity index (χ1v) is 7.31. The highest BCUT2D eigenvalue weighted by Crippen LogP contribution is 2.19. The van der Waals surface area contributed by atoms with Gasteiger partial charge < -0.3 is 5.11 Å². The van der Waals surface area contributed by atoms with Crippen molar-refractivity contribution in [2.75, 3.05) is 13.1 Å². The zero-order valence-corrected chi connectivity index (χ0v) is 12.9. The maximum absolute atomic E-state index is 9.52. The van der Waals surface area contributed by atoms with E-state index in [9.17, 15) is 5.11 Å². The molecular formula is C16H18ClN3O. The molecule has 1 atom stereocenters. The van der Waals surface area contributed by atoms with Gasteiger partial charge in [-0.1, -0.05) is 30.4 Å². The average molecular weight is 304 g/mol. The molecule has 0 spiro atoms. The monoisotopic (exact) mass is 303 g/mol. The van der Waals surface area contributed by atoms with Gasteiger partial charge in [0.2, 0.25) is 0 Å². The van der Waals surface area contributed by atoms with Crippen LogP contribution in [-0.4, -0.2) is 39.3 Å². The lowest BCUT2D eigenvalue weighted by atomic mass is 10.1. The van der Waals surface area contributed by atoms with Gasteiger partial charge in [0, 0.05) is 23.9 Å². The van der Waals surface area contributed by atoms with Gasteiger partial charge in [-0.05, 0) is 31.7 Å². The number of rotatable bonds is 4. The third-order valence-corrected chi connectivity index (χ3v) is 3.58. The first kappa shape index (κ1) is 15.7. The number of fused-ring (bicyclic) bond motifs is 1. The molecule has 0 aliphatic carbocycles. The highest BCUT2D eigenvalue weighted by atomic mass is 35.5. The van der Waals surface area contributed by atoms with E-state index in [1.54, 1.807) is 6.92 Å². The molecule has 1 N–H and O–H groups in total. The van der Waals surface area contributed by atoms with Gasteiger partial charge in [-0.15, -0.1) is 0 Å². The van der Waals surface area contributed by atoms with Crippen molar-refractivity contribution in [1.29, 1.82) is 0 Å². The summed E-state index contributed by atoms with van der Waals surface area (Å²) in [4.78, 5) is 10.1. The van der Waals surface area contributed by atoms with Gasteiger partial charge in [0.05, 0.1) is 5.52 Å². The SMILES string of the molecule is CCN(CCC#Cc1ccc2c(Cl)ncnc2c1)C(C)O. The molecule has 5 heteroatoms. The van der Waals surface area contributed by atoms with Crippen LogP contribution < -0.4 is 0 Å². The molecule has 1 aromatic carbocycles. The van der Waals surface area contributed by atoms with E-state index in [1.807, 2.05) is 30.0 Å². The highest BCUT2D eigenvalue weighted by Gasteiger charge is 2.06. The van der Waals surface area contributed by atoms with Crippen LogP contribution in [0.3, 0.4) is 0 Å². The lowest BCUT2D eigenvalue weighted by Gasteiger charge is -2.21. The molecule has 1 heterocycles. The van der Waals surface area contributed by atoms with Gasteiger partial charge in [0.1, 0.15) is 17.7 Å². The van der Waals surface area contributed by atoms with Crippen LogP contribution in [0, 0.1) is 11.8 Å². The number of aliphatic hydroxyl groups is 1. The van der Waals surface area contributed by atoms with Crippen molar-refractivity contribution in [1.82, 2.24) is 14.9 Å². The third-order valence-electron chi connectivity index (χ3n) is 3.28. The highest BCUT2D eigenvalue weighted by molar-refractivity contribution is 6.34. The van der Waals surface area contributed by atoms with E-state index in [1.165, 1.54) is 6.33 Å². The van der Waals surface area contributed by atoms with Crippen LogP contribution in [0.1, 0.15) is 25.8 Å². The Hall–Kier alpha value is -1.67. The smallest absolute Gasteiger partial charge is 0.140 e. The van der Waals surface area contributed by atoms with E-state index in [0.29, 0.717) is 11.6 Å². The Labute approximate surface area is 129 Å². The maximum Gasteiger partial charge on any atom is 0.140 e. The molecule has 4 nitrogen and oxygen atoms in total. The molecule has 21 heavy (non-hydrogen) atoms. The van der Waals surface area contributed by atoms with Gasteiger partial charge in [-0.25, -0.2) is 9.97 Å². The molecule has 2 aromatic rings. The van der Waals surface area contributed by atoms with E-state index in [0.717, 1.165) is 29.6 Å². The second-order valence-electron chi connectivity index (χ2n) is 4.71. The molecule has 1 unspecified atom stereocenters. The van der Waals surface area contributed by atoms with Gasteiger partial charge in [-0.3, -0.25) is 4.90 Å². The van der Waals surface area contributed by atoms with Crippen molar-refractivity contribution in [3.05, 3.63) is 35.2 Å². The topological polar surface area (TPSA) is 49.2 Å². The summed E-state index contributed by atoms with van der Waals surface area (Å²) in [5.74, 6) is 6.23. The second-order valence-corrected chi connectivity index (χ2v) is 5.07. The van der Waals surface area contributed by atoms with Crippen molar-refractivity contribution in [2.24, 2.45) is 0 Å². The third kappa shape index (κ3) is 4.15. The fourth-order valence-electron chi connectivity index (χ4n) is 2.08. The summed E-state index contributed by atoms with van der Waals surface area (Å²) in [6, 6.07) is 5.70. The molecular weight excluding hydrogens is 286 g/mol. The molecule has 0 amide bonds. The summed E-state index contributed by atoms with van der Waals surface area (Å²) in [5, 5.41) is 10.8. The summed E-state index contributed by atoms with van der Waals surface area (Å²) in [7, 11) is 0. The Kier molecular flexibility index (Phi) is 5.51. The lowest BCUT2D eigenvalue weighted by Crippen LogP contribution is -2.33. The predicted octanol–water partition coefficient (Wildman–Crippen LogP) is 2.69. The Balaban J connectivity index is 2.06. The van der Waals surface area contributed by atoms with Gasteiger partial charge in [0.15, 0.2) is 0 Å². The first-order chi connectivity index (χ1) is 10.1. The Morgan fingerprint density at radius 2 is 2.19 bits per heavy atom. The Bertz CT molecular complexity index is 676. The minimum Gasteiger partial charge on any atom is -0.379 e. The summed E-state index contributed by atoms with van der Waals surface area (Å²) < 4.78 is 0. The van der Waals surface area contributed by atoms with Crippen LogP contribution in [0.2, 0.25) is 5.15 Å². The van der Waals surface area contributed by atoms with E-state index >= 15 is 0 Å². The number of nitrogens with zero attached hydrogens (tertiary/aromatic N) is 3. The predicted molar refractivity (Wildman–Crippen MR) is 85.0 cm³/mol. The van der Waals surface area contributed by atoms with Crippen LogP contribution in [0.25, 0.3) is 10.9 Å². The molecule has 0 saturated carbocycles. The number of aromatic nitrogens is 2. The van der Waals surface area contributed by atoms with E-state index in [4.69, 9.17) is 11.6 Å². The van der Waals surface area contributed by atoms with Crippen LogP contribution in [0.15, 0.2) is 24.5 Å². The maximum atomic E-state index is 9.52. The van der Waals surface area contributed by atoms with E-state index < -0.39 is 6.23 Å². The van der Waals surface area contributed by atoms with Crippen molar-refractivity contribution >= 4 is 22.5 Å². The Morgan fingerprint density at radius 1 is 1.38 bits per heavy atom. The molecule has 110 valence electrons.